The van der Waals surface area contributed by atoms with E-state index >= 15 is 0 Å². The normalized spacial score (nSPS) is 18.6. The van der Waals surface area contributed by atoms with Crippen molar-refractivity contribution >= 4 is 29.1 Å². The Balaban J connectivity index is 1.63. The Hall–Kier alpha value is -2.41. The summed E-state index contributed by atoms with van der Waals surface area (Å²) in [5, 5.41) is 5.48. The minimum atomic E-state index is -0.923. The predicted octanol–water partition coefficient (Wildman–Crippen LogP) is 1.22. The van der Waals surface area contributed by atoms with Gasteiger partial charge in [-0.1, -0.05) is 0 Å². The van der Waals surface area contributed by atoms with E-state index in [9.17, 15) is 14.4 Å². The molecule has 1 aromatic carbocycles. The Morgan fingerprint density at radius 2 is 1.54 bits per heavy atom. The van der Waals surface area contributed by atoms with E-state index in [2.05, 4.69) is 10.6 Å². The van der Waals surface area contributed by atoms with Crippen LogP contribution < -0.4 is 10.6 Å². The number of morpholine rings is 1. The molecule has 1 aliphatic heterocycles. The third kappa shape index (κ3) is 3.41. The molecule has 2 N–H and O–H groups in total. The summed E-state index contributed by atoms with van der Waals surface area (Å²) >= 11 is 0. The molecule has 24 heavy (non-hydrogen) atoms. The van der Waals surface area contributed by atoms with Crippen LogP contribution in [-0.2, 0) is 19.1 Å². The SMILES string of the molecule is CC(=O)Nc1ccc(NC(=O)C2(C(=O)N3CCOCC3)CC2)cc1. The molecule has 0 spiro atoms. The van der Waals surface area contributed by atoms with Crippen LogP contribution in [-0.4, -0.2) is 48.9 Å². The minimum absolute atomic E-state index is 0.0989. The summed E-state index contributed by atoms with van der Waals surface area (Å²) in [6.45, 7) is 3.56. The number of rotatable bonds is 4. The summed E-state index contributed by atoms with van der Waals surface area (Å²) in [4.78, 5) is 38.0. The Morgan fingerprint density at radius 3 is 2.04 bits per heavy atom. The molecular formula is C17H21N3O4. The summed E-state index contributed by atoms with van der Waals surface area (Å²) in [6.07, 6.45) is 1.16. The van der Waals surface area contributed by atoms with Crippen LogP contribution in [0.3, 0.4) is 0 Å². The fourth-order valence-electron chi connectivity index (χ4n) is 2.82. The molecule has 0 bridgehead atoms. The number of anilines is 2. The van der Waals surface area contributed by atoms with Gasteiger partial charge >= 0.3 is 0 Å². The van der Waals surface area contributed by atoms with E-state index in [1.165, 1.54) is 6.92 Å². The topological polar surface area (TPSA) is 87.7 Å². The third-order valence-electron chi connectivity index (χ3n) is 4.36. The zero-order chi connectivity index (χ0) is 17.2. The lowest BCUT2D eigenvalue weighted by Crippen LogP contribution is -2.47. The molecule has 0 aromatic heterocycles. The fourth-order valence-corrected chi connectivity index (χ4v) is 2.82. The van der Waals surface area contributed by atoms with Crippen molar-refractivity contribution in [2.75, 3.05) is 36.9 Å². The van der Waals surface area contributed by atoms with Crippen molar-refractivity contribution in [3.63, 3.8) is 0 Å². The van der Waals surface area contributed by atoms with Crippen molar-refractivity contribution in [2.24, 2.45) is 5.41 Å². The number of hydrogen-bond acceptors (Lipinski definition) is 4. The number of nitrogens with one attached hydrogen (secondary N) is 2. The average Bonchev–Trinajstić information content (AvgIpc) is 3.38. The van der Waals surface area contributed by atoms with E-state index in [4.69, 9.17) is 4.74 Å². The van der Waals surface area contributed by atoms with E-state index < -0.39 is 5.41 Å². The zero-order valence-electron chi connectivity index (χ0n) is 13.6. The van der Waals surface area contributed by atoms with Gasteiger partial charge in [-0.25, -0.2) is 0 Å². The molecule has 128 valence electrons. The van der Waals surface area contributed by atoms with Gasteiger partial charge in [0.05, 0.1) is 13.2 Å². The highest BCUT2D eigenvalue weighted by Gasteiger charge is 2.58. The highest BCUT2D eigenvalue weighted by Crippen LogP contribution is 2.48. The second-order valence-electron chi connectivity index (χ2n) is 6.20. The molecule has 7 heteroatoms. The van der Waals surface area contributed by atoms with Crippen molar-refractivity contribution in [2.45, 2.75) is 19.8 Å². The van der Waals surface area contributed by atoms with Crippen molar-refractivity contribution in [3.05, 3.63) is 24.3 Å². The highest BCUT2D eigenvalue weighted by atomic mass is 16.5. The van der Waals surface area contributed by atoms with Gasteiger partial charge in [0.1, 0.15) is 5.41 Å². The summed E-state index contributed by atoms with van der Waals surface area (Å²) in [7, 11) is 0. The number of carbonyl (C=O) groups is 3. The molecule has 0 radical (unpaired) electrons. The maximum atomic E-state index is 12.7. The monoisotopic (exact) mass is 331 g/mol. The molecule has 2 fully saturated rings. The van der Waals surface area contributed by atoms with Crippen LogP contribution in [0.1, 0.15) is 19.8 Å². The van der Waals surface area contributed by atoms with Crippen LogP contribution in [0.15, 0.2) is 24.3 Å². The zero-order valence-corrected chi connectivity index (χ0v) is 13.6. The van der Waals surface area contributed by atoms with Gasteiger partial charge in [0.15, 0.2) is 0 Å². The van der Waals surface area contributed by atoms with E-state index in [1.807, 2.05) is 0 Å². The molecule has 1 saturated carbocycles. The smallest absolute Gasteiger partial charge is 0.240 e. The van der Waals surface area contributed by atoms with Crippen molar-refractivity contribution in [1.29, 1.82) is 0 Å². The van der Waals surface area contributed by atoms with E-state index in [1.54, 1.807) is 29.2 Å². The standard InChI is InChI=1S/C17H21N3O4/c1-12(21)18-13-2-4-14(5-3-13)19-15(22)17(6-7-17)16(23)20-8-10-24-11-9-20/h2-5H,6-11H2,1H3,(H,18,21)(H,19,22). The lowest BCUT2D eigenvalue weighted by atomic mass is 10.0. The molecule has 3 amide bonds. The van der Waals surface area contributed by atoms with Gasteiger partial charge in [0.2, 0.25) is 17.7 Å². The Labute approximate surface area is 140 Å². The van der Waals surface area contributed by atoms with E-state index in [0.29, 0.717) is 50.5 Å². The first-order chi connectivity index (χ1) is 11.5. The van der Waals surface area contributed by atoms with Crippen LogP contribution in [0.4, 0.5) is 11.4 Å². The van der Waals surface area contributed by atoms with Gasteiger partial charge in [-0.15, -0.1) is 0 Å². The number of amides is 3. The van der Waals surface area contributed by atoms with E-state index in [-0.39, 0.29) is 17.7 Å². The van der Waals surface area contributed by atoms with Crippen LogP contribution in [0.2, 0.25) is 0 Å². The lowest BCUT2D eigenvalue weighted by Gasteiger charge is -2.30. The summed E-state index contributed by atoms with van der Waals surface area (Å²) in [5.74, 6) is -0.510. The van der Waals surface area contributed by atoms with Crippen molar-refractivity contribution in [1.82, 2.24) is 4.90 Å². The summed E-state index contributed by atoms with van der Waals surface area (Å²) in [5.41, 5.74) is 0.342. The first-order valence-corrected chi connectivity index (χ1v) is 8.07. The van der Waals surface area contributed by atoms with Gasteiger partial charge in [-0.2, -0.15) is 0 Å². The quantitative estimate of drug-likeness (QED) is 0.812. The van der Waals surface area contributed by atoms with Gasteiger partial charge in [0, 0.05) is 31.4 Å². The lowest BCUT2D eigenvalue weighted by molar-refractivity contribution is -0.145. The van der Waals surface area contributed by atoms with Gasteiger partial charge in [-0.3, -0.25) is 14.4 Å². The Morgan fingerprint density at radius 1 is 1.00 bits per heavy atom. The largest absolute Gasteiger partial charge is 0.378 e. The molecule has 1 aromatic rings. The molecule has 1 heterocycles. The molecule has 1 saturated heterocycles. The number of nitrogens with zero attached hydrogens (tertiary/aromatic N) is 1. The van der Waals surface area contributed by atoms with E-state index in [0.717, 1.165) is 0 Å². The second kappa shape index (κ2) is 6.60. The number of carbonyl (C=O) groups excluding carboxylic acids is 3. The van der Waals surface area contributed by atoms with Crippen molar-refractivity contribution in [3.8, 4) is 0 Å². The molecular weight excluding hydrogens is 310 g/mol. The highest BCUT2D eigenvalue weighted by molar-refractivity contribution is 6.13. The number of benzene rings is 1. The molecule has 1 aliphatic carbocycles. The minimum Gasteiger partial charge on any atom is -0.378 e. The Kier molecular flexibility index (Phi) is 4.53. The summed E-state index contributed by atoms with van der Waals surface area (Å²) in [6, 6.07) is 6.83. The molecule has 0 unspecified atom stereocenters. The van der Waals surface area contributed by atoms with Gasteiger partial charge in [-0.05, 0) is 37.1 Å². The van der Waals surface area contributed by atoms with Gasteiger partial charge < -0.3 is 20.3 Å². The third-order valence-corrected chi connectivity index (χ3v) is 4.36. The first-order valence-electron chi connectivity index (χ1n) is 8.07. The predicted molar refractivity (Wildman–Crippen MR) is 88.4 cm³/mol. The van der Waals surface area contributed by atoms with Crippen LogP contribution in [0.25, 0.3) is 0 Å². The fraction of sp³-hybridized carbons (Fsp3) is 0.471. The maximum absolute atomic E-state index is 12.7. The maximum Gasteiger partial charge on any atom is 0.240 e. The molecule has 0 atom stereocenters. The average molecular weight is 331 g/mol. The van der Waals surface area contributed by atoms with Crippen LogP contribution in [0.5, 0.6) is 0 Å². The van der Waals surface area contributed by atoms with Gasteiger partial charge in [0.25, 0.3) is 0 Å². The first kappa shape index (κ1) is 16.4. The number of hydrogen-bond donors (Lipinski definition) is 2. The summed E-state index contributed by atoms with van der Waals surface area (Å²) < 4.78 is 5.25. The second-order valence-corrected chi connectivity index (χ2v) is 6.20. The molecule has 3 rings (SSSR count). The molecule has 2 aliphatic rings. The van der Waals surface area contributed by atoms with Crippen molar-refractivity contribution < 1.29 is 19.1 Å². The van der Waals surface area contributed by atoms with Crippen LogP contribution >= 0.6 is 0 Å². The Bertz CT molecular complexity index is 646. The van der Waals surface area contributed by atoms with Crippen LogP contribution in [0, 0.1) is 5.41 Å². The molecule has 7 nitrogen and oxygen atoms in total. The number of ether oxygens (including phenoxy) is 1.